The minimum absolute atomic E-state index is 0.0946. The average molecular weight is 290 g/mol. The van der Waals surface area contributed by atoms with Crippen molar-refractivity contribution >= 4 is 23.3 Å². The Labute approximate surface area is 122 Å². The van der Waals surface area contributed by atoms with E-state index in [0.29, 0.717) is 11.6 Å². The van der Waals surface area contributed by atoms with Crippen LogP contribution in [0.5, 0.6) is 0 Å². The van der Waals surface area contributed by atoms with Crippen LogP contribution >= 0.6 is 11.6 Å². The maximum Gasteiger partial charge on any atom is 0.228 e. The third kappa shape index (κ3) is 2.70. The molecule has 0 atom stereocenters. The van der Waals surface area contributed by atoms with E-state index in [9.17, 15) is 4.79 Å². The largest absolute Gasteiger partial charge is 0.311 e. The third-order valence-corrected chi connectivity index (χ3v) is 4.09. The molecule has 0 radical (unpaired) electrons. The second kappa shape index (κ2) is 5.67. The Hall–Kier alpha value is -1.81. The molecule has 0 bridgehead atoms. The molecule has 4 nitrogen and oxygen atoms in total. The Morgan fingerprint density at radius 2 is 2.15 bits per heavy atom. The van der Waals surface area contributed by atoms with Crippen molar-refractivity contribution in [3.8, 4) is 0 Å². The molecule has 1 aromatic heterocycles. The van der Waals surface area contributed by atoms with Crippen LogP contribution < -0.4 is 5.32 Å². The fourth-order valence-corrected chi connectivity index (χ4v) is 2.45. The van der Waals surface area contributed by atoms with E-state index in [1.54, 1.807) is 10.9 Å². The predicted molar refractivity (Wildman–Crippen MR) is 78.8 cm³/mol. The molecule has 5 heteroatoms. The molecule has 1 aliphatic rings. The zero-order valence-corrected chi connectivity index (χ0v) is 11.8. The monoisotopic (exact) mass is 289 g/mol. The smallest absolute Gasteiger partial charge is 0.228 e. The number of halogens is 1. The lowest BCUT2D eigenvalue weighted by molar-refractivity contribution is -0.122. The molecule has 1 aromatic carbocycles. The number of nitrogens with zero attached hydrogens (tertiary/aromatic N) is 2. The Balaban J connectivity index is 1.73. The standard InChI is InChI=1S/C15H16ClN3O/c16-13-7-2-1-4-12(13)10-19-14(8-9-17-19)18-15(20)11-5-3-6-11/h1-2,4,7-9,11H,3,5-6,10H2,(H,18,20). The molecule has 0 unspecified atom stereocenters. The summed E-state index contributed by atoms with van der Waals surface area (Å²) in [5.41, 5.74) is 0.983. The fourth-order valence-electron chi connectivity index (χ4n) is 2.25. The number of amides is 1. The van der Waals surface area contributed by atoms with E-state index in [1.165, 1.54) is 0 Å². The lowest BCUT2D eigenvalue weighted by Crippen LogP contribution is -2.29. The van der Waals surface area contributed by atoms with Crippen molar-refractivity contribution in [1.82, 2.24) is 9.78 Å². The first kappa shape index (κ1) is 13.2. The zero-order valence-electron chi connectivity index (χ0n) is 11.1. The highest BCUT2D eigenvalue weighted by Crippen LogP contribution is 2.27. The molecular formula is C15H16ClN3O. The summed E-state index contributed by atoms with van der Waals surface area (Å²) in [6, 6.07) is 9.47. The van der Waals surface area contributed by atoms with Gasteiger partial charge in [-0.25, -0.2) is 4.68 Å². The maximum atomic E-state index is 12.0. The highest BCUT2D eigenvalue weighted by molar-refractivity contribution is 6.31. The lowest BCUT2D eigenvalue weighted by atomic mass is 9.85. The molecule has 20 heavy (non-hydrogen) atoms. The van der Waals surface area contributed by atoms with Crippen molar-refractivity contribution in [3.05, 3.63) is 47.1 Å². The van der Waals surface area contributed by atoms with Gasteiger partial charge in [-0.2, -0.15) is 5.10 Å². The van der Waals surface area contributed by atoms with Gasteiger partial charge in [0.05, 0.1) is 12.7 Å². The van der Waals surface area contributed by atoms with E-state index in [0.717, 1.165) is 30.6 Å². The van der Waals surface area contributed by atoms with Crippen LogP contribution in [0.1, 0.15) is 24.8 Å². The first-order chi connectivity index (χ1) is 9.74. The van der Waals surface area contributed by atoms with Gasteiger partial charge in [0.2, 0.25) is 5.91 Å². The van der Waals surface area contributed by atoms with Gasteiger partial charge < -0.3 is 5.32 Å². The number of rotatable bonds is 4. The van der Waals surface area contributed by atoms with Crippen LogP contribution in [0.4, 0.5) is 5.82 Å². The third-order valence-electron chi connectivity index (χ3n) is 3.72. The van der Waals surface area contributed by atoms with Crippen LogP contribution in [0.15, 0.2) is 36.5 Å². The number of hydrogen-bond acceptors (Lipinski definition) is 2. The lowest BCUT2D eigenvalue weighted by Gasteiger charge is -2.24. The summed E-state index contributed by atoms with van der Waals surface area (Å²) >= 11 is 6.15. The van der Waals surface area contributed by atoms with Crippen molar-refractivity contribution in [2.24, 2.45) is 5.92 Å². The fraction of sp³-hybridized carbons (Fsp3) is 0.333. The van der Waals surface area contributed by atoms with Crippen LogP contribution in [-0.4, -0.2) is 15.7 Å². The van der Waals surface area contributed by atoms with E-state index in [2.05, 4.69) is 10.4 Å². The van der Waals surface area contributed by atoms with Crippen molar-refractivity contribution in [2.75, 3.05) is 5.32 Å². The molecule has 0 spiro atoms. The summed E-state index contributed by atoms with van der Waals surface area (Å²) in [6.45, 7) is 0.549. The minimum Gasteiger partial charge on any atom is -0.311 e. The van der Waals surface area contributed by atoms with Crippen molar-refractivity contribution < 1.29 is 4.79 Å². The van der Waals surface area contributed by atoms with Crippen LogP contribution in [-0.2, 0) is 11.3 Å². The first-order valence-corrected chi connectivity index (χ1v) is 7.18. The molecule has 1 amide bonds. The minimum atomic E-state index is 0.0946. The van der Waals surface area contributed by atoms with Gasteiger partial charge >= 0.3 is 0 Å². The SMILES string of the molecule is O=C(Nc1ccnn1Cc1ccccc1Cl)C1CCC1. The number of carbonyl (C=O) groups excluding carboxylic acids is 1. The second-order valence-corrected chi connectivity index (χ2v) is 5.49. The van der Waals surface area contributed by atoms with Gasteiger partial charge in [0, 0.05) is 17.0 Å². The van der Waals surface area contributed by atoms with E-state index < -0.39 is 0 Å². The van der Waals surface area contributed by atoms with Crippen molar-refractivity contribution in [3.63, 3.8) is 0 Å². The zero-order chi connectivity index (χ0) is 13.9. The molecule has 3 rings (SSSR count). The molecule has 1 heterocycles. The van der Waals surface area contributed by atoms with Crippen molar-refractivity contribution in [1.29, 1.82) is 0 Å². The summed E-state index contributed by atoms with van der Waals surface area (Å²) in [6.07, 6.45) is 4.82. The molecule has 0 saturated heterocycles. The number of anilines is 1. The molecule has 1 N–H and O–H groups in total. The topological polar surface area (TPSA) is 46.9 Å². The molecule has 104 valence electrons. The van der Waals surface area contributed by atoms with E-state index in [4.69, 9.17) is 11.6 Å². The van der Waals surface area contributed by atoms with Gasteiger partial charge in [-0.15, -0.1) is 0 Å². The number of hydrogen-bond donors (Lipinski definition) is 1. The summed E-state index contributed by atoms with van der Waals surface area (Å²) < 4.78 is 1.76. The highest BCUT2D eigenvalue weighted by atomic mass is 35.5. The number of nitrogens with one attached hydrogen (secondary N) is 1. The van der Waals surface area contributed by atoms with Crippen LogP contribution in [0.2, 0.25) is 5.02 Å². The van der Waals surface area contributed by atoms with Gasteiger partial charge in [0.15, 0.2) is 0 Å². The first-order valence-electron chi connectivity index (χ1n) is 6.80. The van der Waals surface area contributed by atoms with Gasteiger partial charge in [-0.1, -0.05) is 36.2 Å². The summed E-state index contributed by atoms with van der Waals surface area (Å²) in [5, 5.41) is 7.91. The summed E-state index contributed by atoms with van der Waals surface area (Å²) in [5.74, 6) is 0.984. The highest BCUT2D eigenvalue weighted by Gasteiger charge is 2.25. The Bertz CT molecular complexity index is 619. The van der Waals surface area contributed by atoms with Gasteiger partial charge in [-0.3, -0.25) is 4.79 Å². The molecule has 0 aliphatic heterocycles. The van der Waals surface area contributed by atoms with Gasteiger partial charge in [0.1, 0.15) is 5.82 Å². The molecule has 1 aliphatic carbocycles. The maximum absolute atomic E-state index is 12.0. The van der Waals surface area contributed by atoms with Crippen LogP contribution in [0.25, 0.3) is 0 Å². The average Bonchev–Trinajstić information content (AvgIpc) is 2.77. The van der Waals surface area contributed by atoms with E-state index >= 15 is 0 Å². The summed E-state index contributed by atoms with van der Waals surface area (Å²) in [7, 11) is 0. The number of carbonyl (C=O) groups is 1. The molecule has 1 saturated carbocycles. The normalized spacial score (nSPS) is 14.8. The molecule has 1 fully saturated rings. The van der Waals surface area contributed by atoms with Gasteiger partial charge in [-0.05, 0) is 24.5 Å². The van der Waals surface area contributed by atoms with E-state index in [-0.39, 0.29) is 11.8 Å². The summed E-state index contributed by atoms with van der Waals surface area (Å²) in [4.78, 5) is 12.0. The Kier molecular flexibility index (Phi) is 3.74. The number of benzene rings is 1. The van der Waals surface area contributed by atoms with Crippen LogP contribution in [0.3, 0.4) is 0 Å². The molecule has 2 aromatic rings. The van der Waals surface area contributed by atoms with E-state index in [1.807, 2.05) is 30.3 Å². The second-order valence-electron chi connectivity index (χ2n) is 5.08. The van der Waals surface area contributed by atoms with Crippen molar-refractivity contribution in [2.45, 2.75) is 25.8 Å². The number of aromatic nitrogens is 2. The predicted octanol–water partition coefficient (Wildman–Crippen LogP) is 3.32. The van der Waals surface area contributed by atoms with Crippen LogP contribution in [0, 0.1) is 5.92 Å². The molecular weight excluding hydrogens is 274 g/mol. The van der Waals surface area contributed by atoms with Gasteiger partial charge in [0.25, 0.3) is 0 Å². The Morgan fingerprint density at radius 1 is 1.35 bits per heavy atom. The quantitative estimate of drug-likeness (QED) is 0.938. The Morgan fingerprint density at radius 3 is 2.85 bits per heavy atom.